The number of nitrogens with two attached hydrogens (primary N) is 1. The lowest BCUT2D eigenvalue weighted by molar-refractivity contribution is 0.639. The van der Waals surface area contributed by atoms with Crippen molar-refractivity contribution in [2.24, 2.45) is 5.73 Å². The fourth-order valence-electron chi connectivity index (χ4n) is 1.52. The van der Waals surface area contributed by atoms with Crippen LogP contribution in [0, 0.1) is 0 Å². The molecule has 2 nitrogen and oxygen atoms in total. The van der Waals surface area contributed by atoms with Crippen molar-refractivity contribution in [1.82, 2.24) is 4.98 Å². The Balaban J connectivity index is 2.15. The van der Waals surface area contributed by atoms with Crippen molar-refractivity contribution in [1.29, 1.82) is 0 Å². The molecule has 0 aliphatic heterocycles. The number of nitrogens with zero attached hydrogens (tertiary/aromatic N) is 1. The lowest BCUT2D eigenvalue weighted by Crippen LogP contribution is -2.11. The van der Waals surface area contributed by atoms with Crippen LogP contribution in [-0.4, -0.2) is 11.5 Å². The molecule has 1 aliphatic carbocycles. The molecule has 1 heterocycles. The van der Waals surface area contributed by atoms with E-state index in [0.29, 0.717) is 5.41 Å². The molecule has 0 saturated heterocycles. The van der Waals surface area contributed by atoms with Crippen LogP contribution in [-0.2, 0) is 5.41 Å². The number of rotatable bonds is 3. The second kappa shape index (κ2) is 2.57. The minimum atomic E-state index is 0.454. The highest BCUT2D eigenvalue weighted by Crippen LogP contribution is 2.51. The van der Waals surface area contributed by atoms with Gasteiger partial charge in [-0.25, -0.2) is 0 Å². The van der Waals surface area contributed by atoms with Crippen molar-refractivity contribution in [2.45, 2.75) is 24.7 Å². The Morgan fingerprint density at radius 3 is 2.91 bits per heavy atom. The second-order valence-corrected chi connectivity index (χ2v) is 4.07. The minimum Gasteiger partial charge on any atom is -0.330 e. The zero-order valence-corrected chi connectivity index (χ0v) is 7.23. The largest absolute Gasteiger partial charge is 0.330 e. The molecule has 3 heteroatoms. The summed E-state index contributed by atoms with van der Waals surface area (Å²) in [5, 5.41) is 0. The van der Waals surface area contributed by atoms with Crippen LogP contribution in [0.3, 0.4) is 0 Å². The van der Waals surface area contributed by atoms with E-state index < -0.39 is 0 Å². The van der Waals surface area contributed by atoms with E-state index in [2.05, 4.69) is 4.98 Å². The standard InChI is InChI=1S/C8H12N2S/c9-4-3-8(1-2-8)7-5-10-6-11-7/h5-6H,1-4,9H2. The fraction of sp³-hybridized carbons (Fsp3) is 0.625. The van der Waals surface area contributed by atoms with Crippen LogP contribution in [0.5, 0.6) is 0 Å². The first-order chi connectivity index (χ1) is 5.37. The van der Waals surface area contributed by atoms with Crippen LogP contribution in [0.25, 0.3) is 0 Å². The molecule has 0 amide bonds. The van der Waals surface area contributed by atoms with Crippen LogP contribution in [0.2, 0.25) is 0 Å². The molecule has 0 bridgehead atoms. The molecule has 1 aromatic rings. The first-order valence-electron chi connectivity index (χ1n) is 3.96. The van der Waals surface area contributed by atoms with Crippen LogP contribution in [0.4, 0.5) is 0 Å². The Kier molecular flexibility index (Phi) is 1.69. The van der Waals surface area contributed by atoms with Gasteiger partial charge in [-0.05, 0) is 25.8 Å². The summed E-state index contributed by atoms with van der Waals surface area (Å²) >= 11 is 1.77. The fourth-order valence-corrected chi connectivity index (χ4v) is 2.44. The van der Waals surface area contributed by atoms with Gasteiger partial charge in [-0.2, -0.15) is 0 Å². The van der Waals surface area contributed by atoms with Gasteiger partial charge in [-0.3, -0.25) is 4.98 Å². The van der Waals surface area contributed by atoms with Crippen molar-refractivity contribution >= 4 is 11.3 Å². The predicted molar refractivity (Wildman–Crippen MR) is 46.7 cm³/mol. The molecular formula is C8H12N2S. The molecule has 0 atom stereocenters. The molecule has 2 rings (SSSR count). The third-order valence-corrected chi connectivity index (χ3v) is 3.45. The quantitative estimate of drug-likeness (QED) is 0.743. The molecule has 0 aromatic carbocycles. The summed E-state index contributed by atoms with van der Waals surface area (Å²) in [7, 11) is 0. The van der Waals surface area contributed by atoms with Crippen molar-refractivity contribution in [3.63, 3.8) is 0 Å². The average molecular weight is 168 g/mol. The van der Waals surface area contributed by atoms with E-state index in [0.717, 1.165) is 13.0 Å². The van der Waals surface area contributed by atoms with E-state index in [1.54, 1.807) is 11.3 Å². The summed E-state index contributed by atoms with van der Waals surface area (Å²) in [6.07, 6.45) is 5.75. The molecule has 1 fully saturated rings. The van der Waals surface area contributed by atoms with E-state index in [-0.39, 0.29) is 0 Å². The average Bonchev–Trinajstić information content (AvgIpc) is 2.63. The van der Waals surface area contributed by atoms with E-state index in [9.17, 15) is 0 Å². The second-order valence-electron chi connectivity index (χ2n) is 3.18. The van der Waals surface area contributed by atoms with E-state index >= 15 is 0 Å². The molecule has 0 spiro atoms. The van der Waals surface area contributed by atoms with Crippen molar-refractivity contribution in [2.75, 3.05) is 6.54 Å². The summed E-state index contributed by atoms with van der Waals surface area (Å²) in [5.41, 5.74) is 7.91. The maximum Gasteiger partial charge on any atom is 0.0794 e. The molecule has 60 valence electrons. The van der Waals surface area contributed by atoms with E-state index in [1.165, 1.54) is 17.7 Å². The summed E-state index contributed by atoms with van der Waals surface area (Å²) in [6.45, 7) is 0.803. The third-order valence-electron chi connectivity index (χ3n) is 2.43. The molecule has 11 heavy (non-hydrogen) atoms. The maximum atomic E-state index is 5.54. The monoisotopic (exact) mass is 168 g/mol. The highest BCUT2D eigenvalue weighted by molar-refractivity contribution is 7.09. The number of thiazole rings is 1. The van der Waals surface area contributed by atoms with Gasteiger partial charge in [0.25, 0.3) is 0 Å². The Labute approximate surface area is 70.5 Å². The molecule has 1 aromatic heterocycles. The van der Waals surface area contributed by atoms with Gasteiger partial charge in [0, 0.05) is 16.5 Å². The smallest absolute Gasteiger partial charge is 0.0794 e. The summed E-state index contributed by atoms with van der Waals surface area (Å²) in [4.78, 5) is 5.52. The summed E-state index contributed by atoms with van der Waals surface area (Å²) in [5.74, 6) is 0. The van der Waals surface area contributed by atoms with Gasteiger partial charge in [0.15, 0.2) is 0 Å². The lowest BCUT2D eigenvalue weighted by atomic mass is 10.0. The maximum absolute atomic E-state index is 5.54. The van der Waals surface area contributed by atoms with Gasteiger partial charge in [0.2, 0.25) is 0 Å². The number of hydrogen-bond acceptors (Lipinski definition) is 3. The van der Waals surface area contributed by atoms with E-state index in [1.807, 2.05) is 11.7 Å². The highest BCUT2D eigenvalue weighted by Gasteiger charge is 2.44. The van der Waals surface area contributed by atoms with Crippen LogP contribution >= 0.6 is 11.3 Å². The van der Waals surface area contributed by atoms with E-state index in [4.69, 9.17) is 5.73 Å². The molecule has 1 saturated carbocycles. The molecule has 2 N–H and O–H groups in total. The van der Waals surface area contributed by atoms with Gasteiger partial charge in [0.1, 0.15) is 0 Å². The Morgan fingerprint density at radius 1 is 1.64 bits per heavy atom. The summed E-state index contributed by atoms with van der Waals surface area (Å²) in [6, 6.07) is 0. The van der Waals surface area contributed by atoms with Gasteiger partial charge in [0.05, 0.1) is 5.51 Å². The number of hydrogen-bond donors (Lipinski definition) is 1. The van der Waals surface area contributed by atoms with Gasteiger partial charge in [-0.15, -0.1) is 11.3 Å². The molecule has 0 radical (unpaired) electrons. The normalized spacial score (nSPS) is 20.1. The number of aromatic nitrogens is 1. The molecular weight excluding hydrogens is 156 g/mol. The van der Waals surface area contributed by atoms with Crippen LogP contribution in [0.15, 0.2) is 11.7 Å². The summed E-state index contributed by atoms with van der Waals surface area (Å²) < 4.78 is 0. The molecule has 0 unspecified atom stereocenters. The van der Waals surface area contributed by atoms with Crippen LogP contribution in [0.1, 0.15) is 24.1 Å². The SMILES string of the molecule is NCCC1(c2cncs2)CC1. The zero-order chi connectivity index (χ0) is 7.73. The highest BCUT2D eigenvalue weighted by atomic mass is 32.1. The first kappa shape index (κ1) is 7.25. The van der Waals surface area contributed by atoms with Crippen molar-refractivity contribution < 1.29 is 0 Å². The van der Waals surface area contributed by atoms with Gasteiger partial charge < -0.3 is 5.73 Å². The first-order valence-corrected chi connectivity index (χ1v) is 4.84. The Hall–Kier alpha value is -0.410. The van der Waals surface area contributed by atoms with Gasteiger partial charge in [-0.1, -0.05) is 0 Å². The molecule has 1 aliphatic rings. The predicted octanol–water partition coefficient (Wildman–Crippen LogP) is 1.52. The van der Waals surface area contributed by atoms with Crippen molar-refractivity contribution in [3.05, 3.63) is 16.6 Å². The lowest BCUT2D eigenvalue weighted by Gasteiger charge is -2.09. The third kappa shape index (κ3) is 1.19. The van der Waals surface area contributed by atoms with Crippen LogP contribution < -0.4 is 5.73 Å². The zero-order valence-electron chi connectivity index (χ0n) is 6.42. The topological polar surface area (TPSA) is 38.9 Å². The Bertz CT molecular complexity index is 226. The Morgan fingerprint density at radius 2 is 2.45 bits per heavy atom. The van der Waals surface area contributed by atoms with Gasteiger partial charge >= 0.3 is 0 Å². The minimum absolute atomic E-state index is 0.454. The van der Waals surface area contributed by atoms with Crippen molar-refractivity contribution in [3.8, 4) is 0 Å².